The number of benzene rings is 1. The van der Waals surface area contributed by atoms with Gasteiger partial charge in [0.2, 0.25) is 0 Å². The molecule has 0 bridgehead atoms. The quantitative estimate of drug-likeness (QED) is 0.813. The number of likely N-dealkylation sites (N-methyl/N-ethyl adjacent to an activating group) is 1. The molecule has 2 N–H and O–H groups in total. The Hall–Kier alpha value is -0.930. The van der Waals surface area contributed by atoms with Gasteiger partial charge in [0, 0.05) is 12.0 Å². The maximum Gasteiger partial charge on any atom is 0.123 e. The Bertz CT molecular complexity index is 340. The lowest BCUT2D eigenvalue weighted by atomic mass is 9.73. The average Bonchev–Trinajstić information content (AvgIpc) is 2.31. The van der Waals surface area contributed by atoms with Crippen molar-refractivity contribution < 1.29 is 4.39 Å². The molecular weight excluding hydrogens is 203 g/mol. The standard InChI is InChI=1S/C13H19FN2/c1-15-10-13(5-7-16-8-6-13)11-3-2-4-12(14)9-11/h2-4,9,15-16H,5-8,10H2,1H3. The largest absolute Gasteiger partial charge is 0.319 e. The molecule has 1 aliphatic rings. The molecule has 88 valence electrons. The van der Waals surface area contributed by atoms with Crippen molar-refractivity contribution >= 4 is 0 Å². The second-order valence-electron chi connectivity index (χ2n) is 4.57. The molecule has 0 atom stereocenters. The molecule has 1 aromatic carbocycles. The van der Waals surface area contributed by atoms with Gasteiger partial charge in [-0.05, 0) is 50.7 Å². The highest BCUT2D eigenvalue weighted by Gasteiger charge is 2.33. The molecule has 0 aromatic heterocycles. The van der Waals surface area contributed by atoms with E-state index in [-0.39, 0.29) is 11.2 Å². The SMILES string of the molecule is CNCC1(c2cccc(F)c2)CCNCC1. The highest BCUT2D eigenvalue weighted by molar-refractivity contribution is 5.27. The summed E-state index contributed by atoms with van der Waals surface area (Å²) in [5, 5.41) is 6.61. The molecule has 1 fully saturated rings. The minimum Gasteiger partial charge on any atom is -0.319 e. The summed E-state index contributed by atoms with van der Waals surface area (Å²) in [6, 6.07) is 7.05. The van der Waals surface area contributed by atoms with Gasteiger partial charge in [-0.25, -0.2) is 4.39 Å². The third-order valence-electron chi connectivity index (χ3n) is 3.51. The molecular formula is C13H19FN2. The van der Waals surface area contributed by atoms with E-state index in [1.165, 1.54) is 6.07 Å². The van der Waals surface area contributed by atoms with Crippen LogP contribution in [0.2, 0.25) is 0 Å². The highest BCUT2D eigenvalue weighted by atomic mass is 19.1. The molecule has 3 heteroatoms. The number of hydrogen-bond donors (Lipinski definition) is 2. The number of piperidine rings is 1. The van der Waals surface area contributed by atoms with Crippen molar-refractivity contribution in [2.24, 2.45) is 0 Å². The first-order chi connectivity index (χ1) is 7.77. The summed E-state index contributed by atoms with van der Waals surface area (Å²) in [5.74, 6) is -0.133. The molecule has 2 rings (SSSR count). The van der Waals surface area contributed by atoms with Crippen molar-refractivity contribution in [2.75, 3.05) is 26.7 Å². The van der Waals surface area contributed by atoms with Crippen molar-refractivity contribution in [1.82, 2.24) is 10.6 Å². The van der Waals surface area contributed by atoms with Crippen molar-refractivity contribution in [1.29, 1.82) is 0 Å². The maximum absolute atomic E-state index is 13.3. The van der Waals surface area contributed by atoms with Crippen LogP contribution in [0.15, 0.2) is 24.3 Å². The van der Waals surface area contributed by atoms with Gasteiger partial charge in [0.25, 0.3) is 0 Å². The fourth-order valence-corrected chi connectivity index (χ4v) is 2.63. The van der Waals surface area contributed by atoms with Crippen LogP contribution < -0.4 is 10.6 Å². The lowest BCUT2D eigenvalue weighted by molar-refractivity contribution is 0.299. The van der Waals surface area contributed by atoms with Gasteiger partial charge < -0.3 is 10.6 Å². The van der Waals surface area contributed by atoms with Gasteiger partial charge in [-0.15, -0.1) is 0 Å². The van der Waals surface area contributed by atoms with Crippen LogP contribution >= 0.6 is 0 Å². The molecule has 1 aromatic rings. The molecule has 0 amide bonds. The van der Waals surface area contributed by atoms with E-state index < -0.39 is 0 Å². The summed E-state index contributed by atoms with van der Waals surface area (Å²) in [6.45, 7) is 2.94. The average molecular weight is 222 g/mol. The molecule has 0 saturated carbocycles. The number of nitrogens with one attached hydrogen (secondary N) is 2. The van der Waals surface area contributed by atoms with Crippen LogP contribution in [-0.2, 0) is 5.41 Å². The lowest BCUT2D eigenvalue weighted by Crippen LogP contribution is -2.45. The Morgan fingerprint density at radius 2 is 2.12 bits per heavy atom. The molecule has 2 nitrogen and oxygen atoms in total. The van der Waals surface area contributed by atoms with E-state index in [0.29, 0.717) is 0 Å². The van der Waals surface area contributed by atoms with E-state index in [1.807, 2.05) is 19.2 Å². The van der Waals surface area contributed by atoms with Gasteiger partial charge in [0.15, 0.2) is 0 Å². The monoisotopic (exact) mass is 222 g/mol. The molecule has 1 aliphatic heterocycles. The zero-order valence-electron chi connectivity index (χ0n) is 9.72. The van der Waals surface area contributed by atoms with Gasteiger partial charge in [0.05, 0.1) is 0 Å². The molecule has 1 saturated heterocycles. The second-order valence-corrected chi connectivity index (χ2v) is 4.57. The summed E-state index contributed by atoms with van der Waals surface area (Å²) < 4.78 is 13.3. The molecule has 0 unspecified atom stereocenters. The third-order valence-corrected chi connectivity index (χ3v) is 3.51. The zero-order valence-corrected chi connectivity index (χ0v) is 9.72. The predicted octanol–water partition coefficient (Wildman–Crippen LogP) is 1.67. The first kappa shape index (κ1) is 11.6. The minimum atomic E-state index is -0.133. The van der Waals surface area contributed by atoms with E-state index in [1.54, 1.807) is 6.07 Å². The number of rotatable bonds is 3. The Morgan fingerprint density at radius 3 is 2.75 bits per heavy atom. The van der Waals surface area contributed by atoms with Crippen molar-refractivity contribution in [3.63, 3.8) is 0 Å². The van der Waals surface area contributed by atoms with Gasteiger partial charge in [-0.1, -0.05) is 12.1 Å². The van der Waals surface area contributed by atoms with Crippen LogP contribution in [0.25, 0.3) is 0 Å². The zero-order chi connectivity index (χ0) is 11.4. The third kappa shape index (κ3) is 2.25. The minimum absolute atomic E-state index is 0.0993. The number of halogens is 1. The molecule has 0 spiro atoms. The second kappa shape index (κ2) is 4.93. The Morgan fingerprint density at radius 1 is 1.38 bits per heavy atom. The van der Waals surface area contributed by atoms with Crippen LogP contribution in [0.3, 0.4) is 0 Å². The summed E-state index contributed by atoms with van der Waals surface area (Å²) >= 11 is 0. The normalized spacial score (nSPS) is 19.6. The Balaban J connectivity index is 2.30. The molecule has 16 heavy (non-hydrogen) atoms. The topological polar surface area (TPSA) is 24.1 Å². The summed E-state index contributed by atoms with van der Waals surface area (Å²) in [5.41, 5.74) is 1.23. The van der Waals surface area contributed by atoms with Crippen molar-refractivity contribution in [3.8, 4) is 0 Å². The molecule has 0 radical (unpaired) electrons. The fraction of sp³-hybridized carbons (Fsp3) is 0.538. The van der Waals surface area contributed by atoms with Crippen LogP contribution in [0.1, 0.15) is 18.4 Å². The first-order valence-corrected chi connectivity index (χ1v) is 5.88. The van der Waals surface area contributed by atoms with Crippen LogP contribution in [-0.4, -0.2) is 26.7 Å². The maximum atomic E-state index is 13.3. The highest BCUT2D eigenvalue weighted by Crippen LogP contribution is 2.33. The van der Waals surface area contributed by atoms with E-state index in [9.17, 15) is 4.39 Å². The van der Waals surface area contributed by atoms with Gasteiger partial charge >= 0.3 is 0 Å². The van der Waals surface area contributed by atoms with E-state index in [4.69, 9.17) is 0 Å². The molecule has 1 heterocycles. The van der Waals surface area contributed by atoms with Crippen LogP contribution in [0.4, 0.5) is 4.39 Å². The molecule has 0 aliphatic carbocycles. The summed E-state index contributed by atoms with van der Waals surface area (Å²) in [4.78, 5) is 0. The predicted molar refractivity (Wildman–Crippen MR) is 64.1 cm³/mol. The first-order valence-electron chi connectivity index (χ1n) is 5.88. The van der Waals surface area contributed by atoms with Gasteiger partial charge in [0.1, 0.15) is 5.82 Å². The number of hydrogen-bond acceptors (Lipinski definition) is 2. The lowest BCUT2D eigenvalue weighted by Gasteiger charge is -2.38. The Kier molecular flexibility index (Phi) is 3.56. The van der Waals surface area contributed by atoms with Gasteiger partial charge in [-0.3, -0.25) is 0 Å². The van der Waals surface area contributed by atoms with Crippen LogP contribution in [0, 0.1) is 5.82 Å². The Labute approximate surface area is 96.2 Å². The van der Waals surface area contributed by atoms with E-state index >= 15 is 0 Å². The van der Waals surface area contributed by atoms with Crippen molar-refractivity contribution in [3.05, 3.63) is 35.6 Å². The summed E-state index contributed by atoms with van der Waals surface area (Å²) in [6.07, 6.45) is 2.13. The van der Waals surface area contributed by atoms with Crippen LogP contribution in [0.5, 0.6) is 0 Å². The van der Waals surface area contributed by atoms with Crippen molar-refractivity contribution in [2.45, 2.75) is 18.3 Å². The van der Waals surface area contributed by atoms with E-state index in [2.05, 4.69) is 10.6 Å². The smallest absolute Gasteiger partial charge is 0.123 e. The van der Waals surface area contributed by atoms with E-state index in [0.717, 1.165) is 38.0 Å². The summed E-state index contributed by atoms with van der Waals surface area (Å²) in [7, 11) is 1.96. The fourth-order valence-electron chi connectivity index (χ4n) is 2.63. The van der Waals surface area contributed by atoms with Gasteiger partial charge in [-0.2, -0.15) is 0 Å².